The molecule has 25 heavy (non-hydrogen) atoms. The predicted molar refractivity (Wildman–Crippen MR) is 94.7 cm³/mol. The van der Waals surface area contributed by atoms with Gasteiger partial charge < -0.3 is 5.32 Å². The second kappa shape index (κ2) is 7.16. The van der Waals surface area contributed by atoms with Crippen molar-refractivity contribution in [1.82, 2.24) is 9.71 Å². The highest BCUT2D eigenvalue weighted by Gasteiger charge is 2.25. The van der Waals surface area contributed by atoms with Crippen LogP contribution in [-0.2, 0) is 16.6 Å². The summed E-state index contributed by atoms with van der Waals surface area (Å²) in [6.45, 7) is 5.43. The summed E-state index contributed by atoms with van der Waals surface area (Å²) in [4.78, 5) is 14.5. The van der Waals surface area contributed by atoms with Crippen molar-refractivity contribution < 1.29 is 13.3 Å². The summed E-state index contributed by atoms with van der Waals surface area (Å²) >= 11 is 0. The number of sulfonamides is 1. The Morgan fingerprint density at radius 3 is 2.52 bits per heavy atom. The molecule has 0 radical (unpaired) electrons. The number of nitrogens with zero attached hydrogens (tertiary/aromatic N) is 2. The van der Waals surface area contributed by atoms with Gasteiger partial charge in [0.1, 0.15) is 5.69 Å². The average molecular weight is 364 g/mol. The van der Waals surface area contributed by atoms with Crippen molar-refractivity contribution in [3.05, 3.63) is 58.4 Å². The lowest BCUT2D eigenvalue weighted by molar-refractivity contribution is -0.384. The highest BCUT2D eigenvalue weighted by Crippen LogP contribution is 2.28. The van der Waals surface area contributed by atoms with Crippen molar-refractivity contribution in [1.29, 1.82) is 0 Å². The van der Waals surface area contributed by atoms with Crippen molar-refractivity contribution in [3.8, 4) is 0 Å². The van der Waals surface area contributed by atoms with Crippen molar-refractivity contribution in [2.45, 2.75) is 37.8 Å². The zero-order valence-electron chi connectivity index (χ0n) is 14.2. The standard InChI is InChI=1S/C16H20N4O4S/c1-16(2,3)19-25(23,24)13-6-7-14(15(9-13)20(21)22)18-11-12-5-4-8-17-10-12/h4-10,18-19H,11H2,1-3H3. The predicted octanol–water partition coefficient (Wildman–Crippen LogP) is 2.68. The SMILES string of the molecule is CC(C)(C)NS(=O)(=O)c1ccc(NCc2cccnc2)c([N+](=O)[O-])c1. The molecule has 0 aliphatic heterocycles. The molecule has 0 spiro atoms. The second-order valence-electron chi connectivity index (χ2n) is 6.51. The molecule has 0 fully saturated rings. The van der Waals surface area contributed by atoms with Crippen molar-refractivity contribution in [2.24, 2.45) is 0 Å². The zero-order valence-corrected chi connectivity index (χ0v) is 15.0. The van der Waals surface area contributed by atoms with Crippen LogP contribution in [-0.4, -0.2) is 23.9 Å². The molecule has 0 amide bonds. The number of nitro benzene ring substituents is 1. The number of pyridine rings is 1. The van der Waals surface area contributed by atoms with Crippen molar-refractivity contribution >= 4 is 21.4 Å². The first-order chi connectivity index (χ1) is 11.6. The van der Waals surface area contributed by atoms with Crippen LogP contribution in [0.4, 0.5) is 11.4 Å². The first kappa shape index (κ1) is 18.8. The third kappa shape index (κ3) is 5.23. The minimum Gasteiger partial charge on any atom is -0.375 e. The molecular weight excluding hydrogens is 344 g/mol. The summed E-state index contributed by atoms with van der Waals surface area (Å²) < 4.78 is 27.2. The highest BCUT2D eigenvalue weighted by molar-refractivity contribution is 7.89. The van der Waals surface area contributed by atoms with E-state index in [0.29, 0.717) is 6.54 Å². The average Bonchev–Trinajstić information content (AvgIpc) is 2.51. The quantitative estimate of drug-likeness (QED) is 0.602. The van der Waals surface area contributed by atoms with Crippen molar-refractivity contribution in [3.63, 3.8) is 0 Å². The molecule has 0 unspecified atom stereocenters. The van der Waals surface area contributed by atoms with Crippen LogP contribution in [0.1, 0.15) is 26.3 Å². The molecule has 2 rings (SSSR count). The van der Waals surface area contributed by atoms with Gasteiger partial charge in [-0.25, -0.2) is 13.1 Å². The van der Waals surface area contributed by atoms with E-state index in [4.69, 9.17) is 0 Å². The maximum Gasteiger partial charge on any atom is 0.293 e. The molecule has 134 valence electrons. The van der Waals surface area contributed by atoms with E-state index in [0.717, 1.165) is 11.6 Å². The molecule has 0 saturated carbocycles. The normalized spacial score (nSPS) is 12.0. The van der Waals surface area contributed by atoms with E-state index in [1.807, 2.05) is 6.07 Å². The monoisotopic (exact) mass is 364 g/mol. The number of benzene rings is 1. The van der Waals surface area contributed by atoms with Gasteiger partial charge in [-0.3, -0.25) is 15.1 Å². The lowest BCUT2D eigenvalue weighted by Crippen LogP contribution is -2.40. The van der Waals surface area contributed by atoms with Gasteiger partial charge >= 0.3 is 0 Å². The van der Waals surface area contributed by atoms with E-state index in [9.17, 15) is 18.5 Å². The molecule has 2 aromatic rings. The maximum absolute atomic E-state index is 12.4. The van der Waals surface area contributed by atoms with Crippen molar-refractivity contribution in [2.75, 3.05) is 5.32 Å². The fourth-order valence-electron chi connectivity index (χ4n) is 2.14. The van der Waals surface area contributed by atoms with Gasteiger partial charge in [0.2, 0.25) is 10.0 Å². The van der Waals surface area contributed by atoms with Crippen LogP contribution < -0.4 is 10.0 Å². The minimum absolute atomic E-state index is 0.152. The van der Waals surface area contributed by atoms with E-state index >= 15 is 0 Å². The summed E-state index contributed by atoms with van der Waals surface area (Å²) in [7, 11) is -3.85. The number of nitro groups is 1. The molecule has 0 aliphatic rings. The number of anilines is 1. The largest absolute Gasteiger partial charge is 0.375 e. The van der Waals surface area contributed by atoms with Crippen LogP contribution in [0.25, 0.3) is 0 Å². The molecule has 1 aromatic carbocycles. The number of rotatable bonds is 6. The Hall–Kier alpha value is -2.52. The molecule has 0 saturated heterocycles. The van der Waals surface area contributed by atoms with Gasteiger partial charge in [0.25, 0.3) is 5.69 Å². The second-order valence-corrected chi connectivity index (χ2v) is 8.19. The molecule has 0 aliphatic carbocycles. The minimum atomic E-state index is -3.85. The maximum atomic E-state index is 12.4. The molecule has 9 heteroatoms. The fourth-order valence-corrected chi connectivity index (χ4v) is 3.58. The van der Waals surface area contributed by atoms with Gasteiger partial charge in [-0.05, 0) is 44.5 Å². The van der Waals surface area contributed by atoms with Gasteiger partial charge in [-0.1, -0.05) is 6.07 Å². The lowest BCUT2D eigenvalue weighted by Gasteiger charge is -2.20. The van der Waals surface area contributed by atoms with E-state index in [1.165, 1.54) is 12.1 Å². The van der Waals surface area contributed by atoms with Crippen LogP contribution in [0, 0.1) is 10.1 Å². The molecule has 0 atom stereocenters. The highest BCUT2D eigenvalue weighted by atomic mass is 32.2. The Morgan fingerprint density at radius 2 is 1.96 bits per heavy atom. The van der Waals surface area contributed by atoms with Gasteiger partial charge in [0.05, 0.1) is 9.82 Å². The lowest BCUT2D eigenvalue weighted by atomic mass is 10.1. The summed E-state index contributed by atoms with van der Waals surface area (Å²) in [5.41, 5.74) is 0.0947. The Kier molecular flexibility index (Phi) is 5.39. The summed E-state index contributed by atoms with van der Waals surface area (Å²) in [5, 5.41) is 14.3. The number of hydrogen-bond acceptors (Lipinski definition) is 6. The van der Waals surface area contributed by atoms with Crippen LogP contribution in [0.15, 0.2) is 47.6 Å². The molecule has 1 heterocycles. The van der Waals surface area contributed by atoms with E-state index in [1.54, 1.807) is 39.2 Å². The van der Waals surface area contributed by atoms with Crippen LogP contribution in [0.2, 0.25) is 0 Å². The van der Waals surface area contributed by atoms with E-state index < -0.39 is 20.5 Å². The van der Waals surface area contributed by atoms with Crippen LogP contribution >= 0.6 is 0 Å². The Balaban J connectivity index is 2.30. The Labute approximate surface area is 146 Å². The molecule has 1 aromatic heterocycles. The summed E-state index contributed by atoms with van der Waals surface area (Å²) in [6.07, 6.45) is 3.28. The van der Waals surface area contributed by atoms with Crippen LogP contribution in [0.3, 0.4) is 0 Å². The van der Waals surface area contributed by atoms with Gasteiger partial charge in [-0.2, -0.15) is 0 Å². The fraction of sp³-hybridized carbons (Fsp3) is 0.312. The van der Waals surface area contributed by atoms with Crippen LogP contribution in [0.5, 0.6) is 0 Å². The van der Waals surface area contributed by atoms with E-state index in [-0.39, 0.29) is 16.3 Å². The van der Waals surface area contributed by atoms with Gasteiger partial charge in [-0.15, -0.1) is 0 Å². The molecule has 0 bridgehead atoms. The molecular formula is C16H20N4O4S. The van der Waals surface area contributed by atoms with E-state index in [2.05, 4.69) is 15.0 Å². The number of nitrogens with one attached hydrogen (secondary N) is 2. The third-order valence-electron chi connectivity index (χ3n) is 3.12. The molecule has 8 nitrogen and oxygen atoms in total. The number of aromatic nitrogens is 1. The Bertz CT molecular complexity index is 861. The summed E-state index contributed by atoms with van der Waals surface area (Å²) in [6, 6.07) is 7.38. The number of hydrogen-bond donors (Lipinski definition) is 2. The third-order valence-corrected chi connectivity index (χ3v) is 4.88. The molecule has 2 N–H and O–H groups in total. The zero-order chi connectivity index (χ0) is 18.7. The topological polar surface area (TPSA) is 114 Å². The van der Waals surface area contributed by atoms with Gasteiger partial charge in [0.15, 0.2) is 0 Å². The summed E-state index contributed by atoms with van der Waals surface area (Å²) in [5.74, 6) is 0. The first-order valence-corrected chi connectivity index (χ1v) is 9.02. The van der Waals surface area contributed by atoms with Gasteiger partial charge in [0, 0.05) is 30.5 Å². The Morgan fingerprint density at radius 1 is 1.24 bits per heavy atom. The first-order valence-electron chi connectivity index (χ1n) is 7.54. The smallest absolute Gasteiger partial charge is 0.293 e.